The number of hydrogen-bond donors (Lipinski definition) is 1. The minimum absolute atomic E-state index is 0.0112. The molecule has 1 aliphatic heterocycles. The van der Waals surface area contributed by atoms with Crippen LogP contribution in [0.1, 0.15) is 24.4 Å². The van der Waals surface area contributed by atoms with Crippen LogP contribution in [0.15, 0.2) is 71.8 Å². The van der Waals surface area contributed by atoms with Crippen molar-refractivity contribution in [2.24, 2.45) is 0 Å². The van der Waals surface area contributed by atoms with E-state index in [0.29, 0.717) is 12.3 Å². The zero-order valence-corrected chi connectivity index (χ0v) is 20.1. The standard InChI is InChI=1S/C27H28N4O2S/c1-19(21-11-6-8-20-7-2-3-9-22(20)21)28-26(32)18-34-27-23-10-4-5-12-24(23)29-25(30-27)17-31-13-15-33-16-14-31/h2-12,19H,13-18H2,1H3,(H,28,32). The van der Waals surface area contributed by atoms with E-state index in [1.165, 1.54) is 22.5 Å². The third kappa shape index (κ3) is 5.22. The van der Waals surface area contributed by atoms with Crippen LogP contribution in [-0.2, 0) is 16.1 Å². The van der Waals surface area contributed by atoms with Crippen LogP contribution in [0.25, 0.3) is 21.7 Å². The summed E-state index contributed by atoms with van der Waals surface area (Å²) < 4.78 is 5.45. The molecule has 7 heteroatoms. The van der Waals surface area contributed by atoms with Gasteiger partial charge in [0.1, 0.15) is 10.9 Å². The van der Waals surface area contributed by atoms with Gasteiger partial charge in [-0.2, -0.15) is 0 Å². The van der Waals surface area contributed by atoms with E-state index in [9.17, 15) is 4.79 Å². The van der Waals surface area contributed by atoms with E-state index in [2.05, 4.69) is 34.5 Å². The number of fused-ring (bicyclic) bond motifs is 2. The van der Waals surface area contributed by atoms with Crippen molar-refractivity contribution in [1.82, 2.24) is 20.2 Å². The van der Waals surface area contributed by atoms with Gasteiger partial charge < -0.3 is 10.1 Å². The van der Waals surface area contributed by atoms with E-state index in [0.717, 1.165) is 53.6 Å². The summed E-state index contributed by atoms with van der Waals surface area (Å²) in [6, 6.07) is 22.4. The maximum absolute atomic E-state index is 12.9. The van der Waals surface area contributed by atoms with Crippen LogP contribution in [0.2, 0.25) is 0 Å². The minimum Gasteiger partial charge on any atom is -0.379 e. The first-order chi connectivity index (χ1) is 16.7. The molecule has 1 aliphatic rings. The molecule has 0 aliphatic carbocycles. The summed E-state index contributed by atoms with van der Waals surface area (Å²) >= 11 is 1.47. The number of benzene rings is 3. The predicted octanol–water partition coefficient (Wildman–Crippen LogP) is 4.58. The number of para-hydroxylation sites is 1. The third-order valence-electron chi connectivity index (χ3n) is 6.09. The Labute approximate surface area is 203 Å². The second kappa shape index (κ2) is 10.5. The lowest BCUT2D eigenvalue weighted by atomic mass is 10.00. The number of hydrogen-bond acceptors (Lipinski definition) is 6. The highest BCUT2D eigenvalue weighted by Gasteiger charge is 2.17. The van der Waals surface area contributed by atoms with Gasteiger partial charge in [0.25, 0.3) is 0 Å². The Morgan fingerprint density at radius 2 is 1.74 bits per heavy atom. The van der Waals surface area contributed by atoms with Gasteiger partial charge in [-0.05, 0) is 29.3 Å². The van der Waals surface area contributed by atoms with Gasteiger partial charge in [0, 0.05) is 18.5 Å². The molecular weight excluding hydrogens is 444 g/mol. The second-order valence-electron chi connectivity index (χ2n) is 8.50. The van der Waals surface area contributed by atoms with Gasteiger partial charge in [0.15, 0.2) is 0 Å². The molecule has 0 saturated carbocycles. The van der Waals surface area contributed by atoms with Crippen LogP contribution in [0, 0.1) is 0 Å². The van der Waals surface area contributed by atoms with Crippen molar-refractivity contribution >= 4 is 39.3 Å². The first-order valence-corrected chi connectivity index (χ1v) is 12.6. The number of carbonyl (C=O) groups is 1. The molecule has 3 aromatic carbocycles. The zero-order valence-electron chi connectivity index (χ0n) is 19.2. The summed E-state index contributed by atoms with van der Waals surface area (Å²) in [7, 11) is 0. The summed E-state index contributed by atoms with van der Waals surface area (Å²) in [6.45, 7) is 5.96. The number of rotatable bonds is 7. The number of amides is 1. The van der Waals surface area contributed by atoms with Crippen molar-refractivity contribution in [3.05, 3.63) is 78.1 Å². The Morgan fingerprint density at radius 3 is 2.59 bits per heavy atom. The van der Waals surface area contributed by atoms with Crippen LogP contribution in [-0.4, -0.2) is 52.8 Å². The number of nitrogens with one attached hydrogen (secondary N) is 1. The number of nitrogens with zero attached hydrogens (tertiary/aromatic N) is 3. The highest BCUT2D eigenvalue weighted by atomic mass is 32.2. The molecule has 4 aromatic rings. The van der Waals surface area contributed by atoms with Crippen LogP contribution in [0.4, 0.5) is 0 Å². The largest absolute Gasteiger partial charge is 0.379 e. The molecule has 0 radical (unpaired) electrons. The monoisotopic (exact) mass is 472 g/mol. The second-order valence-corrected chi connectivity index (χ2v) is 9.46. The molecular formula is C27H28N4O2S. The van der Waals surface area contributed by atoms with Crippen molar-refractivity contribution in [2.75, 3.05) is 32.1 Å². The molecule has 0 bridgehead atoms. The summed E-state index contributed by atoms with van der Waals surface area (Å²) in [5, 5.41) is 7.33. The number of ether oxygens (including phenoxy) is 1. The van der Waals surface area contributed by atoms with Crippen molar-refractivity contribution in [1.29, 1.82) is 0 Å². The average Bonchev–Trinajstić information content (AvgIpc) is 2.87. The first kappa shape index (κ1) is 22.8. The van der Waals surface area contributed by atoms with Gasteiger partial charge in [-0.25, -0.2) is 9.97 Å². The summed E-state index contributed by atoms with van der Waals surface area (Å²) in [6.07, 6.45) is 0. The predicted molar refractivity (Wildman–Crippen MR) is 137 cm³/mol. The first-order valence-electron chi connectivity index (χ1n) is 11.6. The van der Waals surface area contributed by atoms with E-state index in [-0.39, 0.29) is 11.9 Å². The van der Waals surface area contributed by atoms with Gasteiger partial charge in [0.2, 0.25) is 5.91 Å². The maximum atomic E-state index is 12.9. The molecule has 34 heavy (non-hydrogen) atoms. The molecule has 2 heterocycles. The zero-order chi connectivity index (χ0) is 23.3. The molecule has 1 atom stereocenters. The summed E-state index contributed by atoms with van der Waals surface area (Å²) in [5.74, 6) is 1.07. The molecule has 6 nitrogen and oxygen atoms in total. The molecule has 0 spiro atoms. The van der Waals surface area contributed by atoms with Gasteiger partial charge in [-0.3, -0.25) is 9.69 Å². The highest BCUT2D eigenvalue weighted by molar-refractivity contribution is 8.00. The van der Waals surface area contributed by atoms with Gasteiger partial charge in [0.05, 0.1) is 37.1 Å². The Balaban J connectivity index is 1.29. The van der Waals surface area contributed by atoms with Gasteiger partial charge >= 0.3 is 0 Å². The normalized spacial score (nSPS) is 15.4. The van der Waals surface area contributed by atoms with E-state index in [1.54, 1.807) is 0 Å². The van der Waals surface area contributed by atoms with E-state index >= 15 is 0 Å². The highest BCUT2D eigenvalue weighted by Crippen LogP contribution is 2.27. The van der Waals surface area contributed by atoms with Gasteiger partial charge in [-0.1, -0.05) is 72.4 Å². The van der Waals surface area contributed by atoms with Crippen molar-refractivity contribution in [3.63, 3.8) is 0 Å². The molecule has 1 unspecified atom stereocenters. The fourth-order valence-electron chi connectivity index (χ4n) is 4.36. The quantitative estimate of drug-likeness (QED) is 0.314. The average molecular weight is 473 g/mol. The molecule has 1 fully saturated rings. The molecule has 1 saturated heterocycles. The summed E-state index contributed by atoms with van der Waals surface area (Å²) in [5.41, 5.74) is 2.03. The fraction of sp³-hybridized carbons (Fsp3) is 0.296. The molecule has 1 amide bonds. The lowest BCUT2D eigenvalue weighted by Crippen LogP contribution is -2.36. The Hall–Kier alpha value is -3.00. The number of carbonyl (C=O) groups excluding carboxylic acids is 1. The van der Waals surface area contributed by atoms with Crippen LogP contribution in [0.5, 0.6) is 0 Å². The molecule has 1 aromatic heterocycles. The van der Waals surface area contributed by atoms with E-state index < -0.39 is 0 Å². The Morgan fingerprint density at radius 1 is 1.00 bits per heavy atom. The van der Waals surface area contributed by atoms with Crippen LogP contribution >= 0.6 is 11.8 Å². The number of morpholine rings is 1. The number of thioether (sulfide) groups is 1. The maximum Gasteiger partial charge on any atom is 0.230 e. The molecule has 1 N–H and O–H groups in total. The fourth-order valence-corrected chi connectivity index (χ4v) is 5.21. The van der Waals surface area contributed by atoms with Crippen LogP contribution in [0.3, 0.4) is 0 Å². The Kier molecular flexibility index (Phi) is 7.04. The SMILES string of the molecule is CC(NC(=O)CSc1nc(CN2CCOCC2)nc2ccccc12)c1cccc2ccccc12. The van der Waals surface area contributed by atoms with Gasteiger partial charge in [-0.15, -0.1) is 0 Å². The van der Waals surface area contributed by atoms with E-state index in [1.807, 2.05) is 49.4 Å². The topological polar surface area (TPSA) is 67.4 Å². The Bertz CT molecular complexity index is 1300. The molecule has 5 rings (SSSR count). The minimum atomic E-state index is -0.0850. The lowest BCUT2D eigenvalue weighted by molar-refractivity contribution is -0.119. The third-order valence-corrected chi connectivity index (χ3v) is 7.08. The van der Waals surface area contributed by atoms with E-state index in [4.69, 9.17) is 14.7 Å². The summed E-state index contributed by atoms with van der Waals surface area (Å²) in [4.78, 5) is 24.8. The van der Waals surface area contributed by atoms with Crippen molar-refractivity contribution in [2.45, 2.75) is 24.5 Å². The lowest BCUT2D eigenvalue weighted by Gasteiger charge is -2.25. The van der Waals surface area contributed by atoms with Crippen molar-refractivity contribution in [3.8, 4) is 0 Å². The number of aromatic nitrogens is 2. The van der Waals surface area contributed by atoms with Crippen molar-refractivity contribution < 1.29 is 9.53 Å². The molecule has 174 valence electrons. The van der Waals surface area contributed by atoms with Crippen LogP contribution < -0.4 is 5.32 Å². The smallest absolute Gasteiger partial charge is 0.230 e.